The zero-order chi connectivity index (χ0) is 16.5. The van der Waals surface area contributed by atoms with Gasteiger partial charge in [-0.15, -0.1) is 0 Å². The quantitative estimate of drug-likeness (QED) is 0.366. The fourth-order valence-electron chi connectivity index (χ4n) is 1.91. The van der Waals surface area contributed by atoms with E-state index in [1.807, 2.05) is 55.5 Å². The predicted octanol–water partition coefficient (Wildman–Crippen LogP) is 3.88. The highest BCUT2D eigenvalue weighted by Crippen LogP contribution is 2.15. The molecule has 118 valence electrons. The van der Waals surface area contributed by atoms with Gasteiger partial charge in [-0.05, 0) is 49.0 Å². The minimum absolute atomic E-state index is 0.427. The first-order chi connectivity index (χ1) is 11.2. The fraction of sp³-hybridized carbons (Fsp3) is 0.111. The summed E-state index contributed by atoms with van der Waals surface area (Å²) in [6.45, 7) is 6.12. The van der Waals surface area contributed by atoms with Gasteiger partial charge in [-0.2, -0.15) is 5.10 Å². The van der Waals surface area contributed by atoms with Crippen LogP contribution < -0.4 is 15.5 Å². The van der Waals surface area contributed by atoms with E-state index in [2.05, 4.69) is 22.4 Å². The molecular weight excluding hydrogens is 306 g/mol. The summed E-state index contributed by atoms with van der Waals surface area (Å²) >= 11 is 5.22. The summed E-state index contributed by atoms with van der Waals surface area (Å²) in [5.74, 6) is 0.746. The van der Waals surface area contributed by atoms with E-state index in [4.69, 9.17) is 17.0 Å². The van der Waals surface area contributed by atoms with Gasteiger partial charge in [-0.1, -0.05) is 36.9 Å². The Morgan fingerprint density at radius 2 is 2.09 bits per heavy atom. The van der Waals surface area contributed by atoms with Crippen molar-refractivity contribution >= 4 is 29.2 Å². The molecule has 23 heavy (non-hydrogen) atoms. The molecule has 0 unspecified atom stereocenters. The van der Waals surface area contributed by atoms with Crippen LogP contribution in [0.1, 0.15) is 11.1 Å². The van der Waals surface area contributed by atoms with Crippen molar-refractivity contribution in [2.45, 2.75) is 6.92 Å². The summed E-state index contributed by atoms with van der Waals surface area (Å²) in [6, 6.07) is 15.6. The first-order valence-electron chi connectivity index (χ1n) is 7.18. The average Bonchev–Trinajstić information content (AvgIpc) is 2.54. The largest absolute Gasteiger partial charge is 0.489 e. The molecule has 4 nitrogen and oxygen atoms in total. The second kappa shape index (κ2) is 8.70. The van der Waals surface area contributed by atoms with Crippen LogP contribution in [0.4, 0.5) is 5.69 Å². The van der Waals surface area contributed by atoms with Crippen LogP contribution in [0, 0.1) is 6.92 Å². The minimum atomic E-state index is 0.427. The molecule has 0 saturated carbocycles. The van der Waals surface area contributed by atoms with E-state index in [1.165, 1.54) is 0 Å². The summed E-state index contributed by atoms with van der Waals surface area (Å²) in [4.78, 5) is 0. The van der Waals surface area contributed by atoms with E-state index in [9.17, 15) is 0 Å². The molecule has 0 bridgehead atoms. The molecular formula is C18H19N3OS. The lowest BCUT2D eigenvalue weighted by Crippen LogP contribution is -2.23. The van der Waals surface area contributed by atoms with Gasteiger partial charge in [0.1, 0.15) is 12.4 Å². The van der Waals surface area contributed by atoms with Crippen LogP contribution in [0.2, 0.25) is 0 Å². The molecule has 2 aromatic rings. The summed E-state index contributed by atoms with van der Waals surface area (Å²) in [5, 5.41) is 7.65. The molecule has 0 saturated heterocycles. The van der Waals surface area contributed by atoms with Crippen molar-refractivity contribution in [2.75, 3.05) is 11.9 Å². The Labute approximate surface area is 141 Å². The molecule has 0 atom stereocenters. The number of nitrogens with zero attached hydrogens (tertiary/aromatic N) is 1. The second-order valence-corrected chi connectivity index (χ2v) is 5.24. The third-order valence-electron chi connectivity index (χ3n) is 2.92. The van der Waals surface area contributed by atoms with Gasteiger partial charge in [-0.3, -0.25) is 5.43 Å². The third-order valence-corrected chi connectivity index (χ3v) is 3.11. The minimum Gasteiger partial charge on any atom is -0.489 e. The fourth-order valence-corrected chi connectivity index (χ4v) is 2.08. The van der Waals surface area contributed by atoms with Crippen LogP contribution in [0.3, 0.4) is 0 Å². The number of hydrogen-bond donors (Lipinski definition) is 2. The summed E-state index contributed by atoms with van der Waals surface area (Å²) in [5.41, 5.74) is 5.74. The monoisotopic (exact) mass is 325 g/mol. The maximum atomic E-state index is 5.57. The van der Waals surface area contributed by atoms with Crippen molar-refractivity contribution in [1.29, 1.82) is 0 Å². The number of hydrogen-bond acceptors (Lipinski definition) is 3. The van der Waals surface area contributed by atoms with E-state index in [1.54, 1.807) is 12.3 Å². The van der Waals surface area contributed by atoms with Crippen molar-refractivity contribution < 1.29 is 4.74 Å². The normalized spacial score (nSPS) is 10.3. The molecule has 0 aromatic heterocycles. The average molecular weight is 325 g/mol. The number of rotatable bonds is 6. The molecule has 0 aliphatic carbocycles. The zero-order valence-electron chi connectivity index (χ0n) is 13.0. The van der Waals surface area contributed by atoms with Gasteiger partial charge in [0.05, 0.1) is 6.21 Å². The van der Waals surface area contributed by atoms with Crippen molar-refractivity contribution in [2.24, 2.45) is 5.10 Å². The smallest absolute Gasteiger partial charge is 0.191 e. The Morgan fingerprint density at radius 3 is 2.87 bits per heavy atom. The van der Waals surface area contributed by atoms with Gasteiger partial charge < -0.3 is 10.1 Å². The number of ether oxygens (including phenoxy) is 1. The SMILES string of the molecule is C=CCOc1ccccc1/C=N/NC(=S)Nc1cccc(C)c1. The number of thiocarbonyl (C=S) groups is 1. The number of para-hydroxylation sites is 1. The Kier molecular flexibility index (Phi) is 6.32. The first-order valence-corrected chi connectivity index (χ1v) is 7.59. The molecule has 0 amide bonds. The van der Waals surface area contributed by atoms with Gasteiger partial charge in [0.25, 0.3) is 0 Å². The van der Waals surface area contributed by atoms with E-state index in [-0.39, 0.29) is 0 Å². The maximum absolute atomic E-state index is 5.57. The summed E-state index contributed by atoms with van der Waals surface area (Å²) < 4.78 is 5.57. The number of aryl methyl sites for hydroxylation is 1. The van der Waals surface area contributed by atoms with Crippen LogP contribution in [0.15, 0.2) is 66.3 Å². The van der Waals surface area contributed by atoms with Crippen LogP contribution in [0.25, 0.3) is 0 Å². The van der Waals surface area contributed by atoms with Crippen LogP contribution >= 0.6 is 12.2 Å². The molecule has 2 N–H and O–H groups in total. The van der Waals surface area contributed by atoms with Crippen LogP contribution in [-0.4, -0.2) is 17.9 Å². The highest BCUT2D eigenvalue weighted by molar-refractivity contribution is 7.80. The highest BCUT2D eigenvalue weighted by atomic mass is 32.1. The summed E-state index contributed by atoms with van der Waals surface area (Å²) in [6.07, 6.45) is 3.37. The van der Waals surface area contributed by atoms with Crippen molar-refractivity contribution in [1.82, 2.24) is 5.43 Å². The standard InChI is InChI=1S/C18H19N3OS/c1-3-11-22-17-10-5-4-8-15(17)13-19-21-18(23)20-16-9-6-7-14(2)12-16/h3-10,12-13H,1,11H2,2H3,(H2,20,21,23)/b19-13+. The lowest BCUT2D eigenvalue weighted by molar-refractivity contribution is 0.362. The lowest BCUT2D eigenvalue weighted by Gasteiger charge is -2.08. The van der Waals surface area contributed by atoms with Crippen molar-refractivity contribution in [3.05, 3.63) is 72.3 Å². The molecule has 0 spiro atoms. The molecule has 0 aliphatic rings. The molecule has 5 heteroatoms. The van der Waals surface area contributed by atoms with Gasteiger partial charge in [0.2, 0.25) is 0 Å². The number of hydrazone groups is 1. The highest BCUT2D eigenvalue weighted by Gasteiger charge is 2.00. The van der Waals surface area contributed by atoms with Gasteiger partial charge in [-0.25, -0.2) is 0 Å². The molecule has 0 radical (unpaired) electrons. The Hall–Kier alpha value is -2.66. The van der Waals surface area contributed by atoms with Gasteiger partial charge in [0.15, 0.2) is 5.11 Å². The molecule has 2 aromatic carbocycles. The van der Waals surface area contributed by atoms with Crippen molar-refractivity contribution in [3.8, 4) is 5.75 Å². The van der Waals surface area contributed by atoms with Gasteiger partial charge in [0, 0.05) is 11.3 Å². The third kappa shape index (κ3) is 5.56. The lowest BCUT2D eigenvalue weighted by atomic mass is 10.2. The Morgan fingerprint density at radius 1 is 1.26 bits per heavy atom. The maximum Gasteiger partial charge on any atom is 0.191 e. The van der Waals surface area contributed by atoms with E-state index in [0.717, 1.165) is 22.6 Å². The van der Waals surface area contributed by atoms with E-state index < -0.39 is 0 Å². The molecule has 2 rings (SSSR count). The topological polar surface area (TPSA) is 45.6 Å². The van der Waals surface area contributed by atoms with Gasteiger partial charge >= 0.3 is 0 Å². The number of benzene rings is 2. The van der Waals surface area contributed by atoms with Crippen LogP contribution in [-0.2, 0) is 0 Å². The number of anilines is 1. The predicted molar refractivity (Wildman–Crippen MR) is 100 cm³/mol. The second-order valence-electron chi connectivity index (χ2n) is 4.83. The molecule has 0 aliphatic heterocycles. The van der Waals surface area contributed by atoms with Crippen molar-refractivity contribution in [3.63, 3.8) is 0 Å². The first kappa shape index (κ1) is 16.7. The zero-order valence-corrected chi connectivity index (χ0v) is 13.8. The van der Waals surface area contributed by atoms with E-state index in [0.29, 0.717) is 11.7 Å². The Bertz CT molecular complexity index is 713. The molecule has 0 heterocycles. The molecule has 0 fully saturated rings. The number of nitrogens with one attached hydrogen (secondary N) is 2. The summed E-state index contributed by atoms with van der Waals surface area (Å²) in [7, 11) is 0. The Balaban J connectivity index is 1.93. The van der Waals surface area contributed by atoms with E-state index >= 15 is 0 Å². The van der Waals surface area contributed by atoms with Crippen LogP contribution in [0.5, 0.6) is 5.75 Å².